The maximum absolute atomic E-state index is 12.9. The summed E-state index contributed by atoms with van der Waals surface area (Å²) < 4.78 is 14.2. The van der Waals surface area contributed by atoms with E-state index in [0.29, 0.717) is 18.6 Å². The van der Waals surface area contributed by atoms with Crippen molar-refractivity contribution in [3.05, 3.63) is 118 Å². The summed E-state index contributed by atoms with van der Waals surface area (Å²) in [5.74, 6) is 1.95. The van der Waals surface area contributed by atoms with Crippen LogP contribution < -0.4 is 9.47 Å². The predicted octanol–water partition coefficient (Wildman–Crippen LogP) is 8.44. The average Bonchev–Trinajstić information content (AvgIpc) is 3.00. The molecule has 6 aromatic rings. The van der Waals surface area contributed by atoms with Crippen molar-refractivity contribution in [1.82, 2.24) is 9.97 Å². The summed E-state index contributed by atoms with van der Waals surface area (Å²) in [6.45, 7) is 4.87. The quantitative estimate of drug-likeness (QED) is 0.114. The van der Waals surface area contributed by atoms with E-state index in [-0.39, 0.29) is 17.6 Å². The topological polar surface area (TPSA) is 61.3 Å². The van der Waals surface area contributed by atoms with Crippen molar-refractivity contribution in [3.8, 4) is 11.5 Å². The van der Waals surface area contributed by atoms with Crippen molar-refractivity contribution in [2.75, 3.05) is 6.61 Å². The van der Waals surface area contributed by atoms with Gasteiger partial charge in [0.1, 0.15) is 17.1 Å². The van der Waals surface area contributed by atoms with Crippen molar-refractivity contribution in [1.29, 1.82) is 0 Å². The molecule has 0 aliphatic carbocycles. The zero-order valence-electron chi connectivity index (χ0n) is 23.2. The van der Waals surface area contributed by atoms with Crippen LogP contribution in [0.1, 0.15) is 46.8 Å². The second-order valence-corrected chi connectivity index (χ2v) is 12.7. The molecule has 5 nitrogen and oxygen atoms in total. The first-order chi connectivity index (χ1) is 20.4. The molecule has 0 saturated heterocycles. The lowest BCUT2D eigenvalue weighted by atomic mass is 9.69. The lowest BCUT2D eigenvalue weighted by Gasteiger charge is -2.48. The fourth-order valence-corrected chi connectivity index (χ4v) is 7.10. The lowest BCUT2D eigenvalue weighted by molar-refractivity contribution is -0.0118. The molecule has 2 aliphatic rings. The number of ketones is 1. The largest absolute Gasteiger partial charge is 0.493 e. The molecule has 2 atom stereocenters. The normalized spacial score (nSPS) is 18.5. The smallest absolute Gasteiger partial charge is 0.167 e. The number of hydrogen-bond acceptors (Lipinski definition) is 5. The number of carbonyl (C=O) groups excluding carboxylic acids is 1. The maximum atomic E-state index is 12.9. The van der Waals surface area contributed by atoms with Gasteiger partial charge in [-0.25, -0.2) is 9.97 Å². The number of carbonyl (C=O) groups is 1. The minimum atomic E-state index is -0.460. The molecule has 5 aromatic carbocycles. The van der Waals surface area contributed by atoms with Gasteiger partial charge in [-0.2, -0.15) is 0 Å². The molecule has 6 heteroatoms. The number of aromatic nitrogens is 2. The van der Waals surface area contributed by atoms with Gasteiger partial charge in [-0.15, -0.1) is 0 Å². The monoisotopic (exact) mass is 614 g/mol. The van der Waals surface area contributed by atoms with Crippen molar-refractivity contribution in [2.24, 2.45) is 5.92 Å². The Labute approximate surface area is 251 Å². The molecule has 0 unspecified atom stereocenters. The van der Waals surface area contributed by atoms with Gasteiger partial charge in [0, 0.05) is 50.2 Å². The van der Waals surface area contributed by atoms with Gasteiger partial charge >= 0.3 is 0 Å². The van der Waals surface area contributed by atoms with E-state index in [9.17, 15) is 4.79 Å². The van der Waals surface area contributed by atoms with Crippen LogP contribution in [0.4, 0.5) is 0 Å². The van der Waals surface area contributed by atoms with Crippen LogP contribution in [0.15, 0.2) is 95.5 Å². The van der Waals surface area contributed by atoms with E-state index in [1.807, 2.05) is 72.8 Å². The summed E-state index contributed by atoms with van der Waals surface area (Å²) in [6, 6.07) is 29.9. The number of fused-ring (bicyclic) bond motifs is 11. The molecule has 0 amide bonds. The first-order valence-electron chi connectivity index (χ1n) is 14.2. The first-order valence-corrected chi connectivity index (χ1v) is 15.0. The number of halogens is 1. The van der Waals surface area contributed by atoms with Gasteiger partial charge in [-0.3, -0.25) is 4.79 Å². The van der Waals surface area contributed by atoms with Crippen LogP contribution >= 0.6 is 15.9 Å². The Morgan fingerprint density at radius 1 is 0.881 bits per heavy atom. The summed E-state index contributed by atoms with van der Waals surface area (Å²) in [5.41, 5.74) is 6.62. The van der Waals surface area contributed by atoms with Crippen LogP contribution in [0.5, 0.6) is 11.5 Å². The van der Waals surface area contributed by atoms with Crippen LogP contribution in [0.2, 0.25) is 0 Å². The summed E-state index contributed by atoms with van der Waals surface area (Å²) in [5, 5.41) is 2.03. The van der Waals surface area contributed by atoms with Gasteiger partial charge in [0.2, 0.25) is 0 Å². The molecule has 0 bridgehead atoms. The van der Waals surface area contributed by atoms with E-state index in [0.717, 1.165) is 65.5 Å². The number of nitrogens with zero attached hydrogens (tertiary/aromatic N) is 2. The Balaban J connectivity index is 1.37. The van der Waals surface area contributed by atoms with Crippen molar-refractivity contribution < 1.29 is 14.3 Å². The van der Waals surface area contributed by atoms with Gasteiger partial charge < -0.3 is 9.47 Å². The average molecular weight is 616 g/mol. The van der Waals surface area contributed by atoms with Gasteiger partial charge in [0.25, 0.3) is 0 Å². The van der Waals surface area contributed by atoms with Crippen LogP contribution in [0, 0.1) is 5.92 Å². The third-order valence-corrected chi connectivity index (χ3v) is 9.31. The molecule has 1 aromatic heterocycles. The Hall–Kier alpha value is -4.29. The summed E-state index contributed by atoms with van der Waals surface area (Å²) in [7, 11) is 0. The van der Waals surface area contributed by atoms with Crippen LogP contribution in [-0.4, -0.2) is 28.0 Å². The zero-order chi connectivity index (χ0) is 28.6. The molecular formula is C36H27BrN2O3. The first kappa shape index (κ1) is 25.4. The molecule has 0 saturated carbocycles. The molecule has 0 N–H and O–H groups in total. The van der Waals surface area contributed by atoms with Crippen molar-refractivity contribution in [3.63, 3.8) is 0 Å². The minimum Gasteiger partial charge on any atom is -0.493 e. The van der Waals surface area contributed by atoms with E-state index in [4.69, 9.17) is 19.4 Å². The van der Waals surface area contributed by atoms with Crippen LogP contribution in [-0.2, 0) is 6.42 Å². The molecular weight excluding hydrogens is 588 g/mol. The fraction of sp³-hybridized carbons (Fsp3) is 0.194. The van der Waals surface area contributed by atoms with Crippen LogP contribution in [0.25, 0.3) is 32.8 Å². The number of ether oxygens (including phenoxy) is 2. The third-order valence-electron chi connectivity index (χ3n) is 8.81. The SMILES string of the molecule is CC1(C)Oc2c(c3nc4ccc(CC(=O)c5ccccc5)cc4nc3c3ccccc23)[C@@H]2c3cc(Br)ccc3OC[C@@H]21. The molecule has 3 heterocycles. The second kappa shape index (κ2) is 9.36. The van der Waals surface area contributed by atoms with Gasteiger partial charge in [-0.1, -0.05) is 76.6 Å². The third kappa shape index (κ3) is 3.92. The van der Waals surface area contributed by atoms with E-state index < -0.39 is 5.60 Å². The summed E-state index contributed by atoms with van der Waals surface area (Å²) in [6.07, 6.45) is 0.308. The summed E-state index contributed by atoms with van der Waals surface area (Å²) in [4.78, 5) is 23.5. The summed E-state index contributed by atoms with van der Waals surface area (Å²) >= 11 is 3.70. The van der Waals surface area contributed by atoms with Crippen molar-refractivity contribution >= 4 is 54.6 Å². The van der Waals surface area contributed by atoms with Gasteiger partial charge in [0.05, 0.1) is 28.7 Å². The molecule has 0 spiro atoms. The Kier molecular flexibility index (Phi) is 5.67. The van der Waals surface area contributed by atoms with Crippen molar-refractivity contribution in [2.45, 2.75) is 31.8 Å². The Morgan fingerprint density at radius 3 is 2.48 bits per heavy atom. The molecule has 0 fully saturated rings. The van der Waals surface area contributed by atoms with E-state index in [2.05, 4.69) is 48.0 Å². The molecule has 2 aliphatic heterocycles. The van der Waals surface area contributed by atoms with Gasteiger partial charge in [0.15, 0.2) is 5.78 Å². The van der Waals surface area contributed by atoms with E-state index in [1.165, 1.54) is 0 Å². The molecule has 42 heavy (non-hydrogen) atoms. The highest BCUT2D eigenvalue weighted by Crippen LogP contribution is 2.56. The highest BCUT2D eigenvalue weighted by molar-refractivity contribution is 9.10. The highest BCUT2D eigenvalue weighted by atomic mass is 79.9. The Morgan fingerprint density at radius 2 is 1.64 bits per heavy atom. The highest BCUT2D eigenvalue weighted by Gasteiger charge is 2.49. The van der Waals surface area contributed by atoms with Gasteiger partial charge in [-0.05, 0) is 49.7 Å². The maximum Gasteiger partial charge on any atom is 0.167 e. The zero-order valence-corrected chi connectivity index (χ0v) is 24.8. The number of hydrogen-bond donors (Lipinski definition) is 0. The van der Waals surface area contributed by atoms with E-state index >= 15 is 0 Å². The molecule has 0 radical (unpaired) electrons. The standard InChI is InChI=1S/C36H27BrN2O3/c1-36(2)26-19-41-30-15-13-22(37)18-25(30)31(26)32-34-33(23-10-6-7-11-24(23)35(32)42-36)39-28-16-20(12-14-27(28)38-34)17-29(40)21-8-4-3-5-9-21/h3-16,18,26,31H,17,19H2,1-2H3/t26-,31+/m0/s1. The van der Waals surface area contributed by atoms with Crippen LogP contribution in [0.3, 0.4) is 0 Å². The predicted molar refractivity (Wildman–Crippen MR) is 169 cm³/mol. The molecule has 206 valence electrons. The fourth-order valence-electron chi connectivity index (χ4n) is 6.72. The number of rotatable bonds is 3. The Bertz CT molecular complexity index is 2070. The second-order valence-electron chi connectivity index (χ2n) is 11.8. The number of Topliss-reactive ketones (excluding diaryl/α,β-unsaturated/α-hetero) is 1. The minimum absolute atomic E-state index is 0.0200. The van der Waals surface area contributed by atoms with E-state index in [1.54, 1.807) is 0 Å². The molecule has 8 rings (SSSR count). The number of benzene rings is 5. The lowest BCUT2D eigenvalue weighted by Crippen LogP contribution is -2.49.